The van der Waals surface area contributed by atoms with Crippen LogP contribution in [0.5, 0.6) is 0 Å². The average molecular weight is 435 g/mol. The first-order valence-electron chi connectivity index (χ1n) is 8.98. The van der Waals surface area contributed by atoms with Gasteiger partial charge in [0.05, 0.1) is 19.8 Å². The van der Waals surface area contributed by atoms with Crippen molar-refractivity contribution < 1.29 is 19.1 Å². The minimum atomic E-state index is -0.529. The van der Waals surface area contributed by atoms with Crippen LogP contribution in [0, 0.1) is 6.92 Å². The molecule has 8 nitrogen and oxygen atoms in total. The van der Waals surface area contributed by atoms with Gasteiger partial charge in [-0.2, -0.15) is 0 Å². The molecule has 0 atom stereocenters. The molecule has 0 amide bonds. The van der Waals surface area contributed by atoms with Crippen molar-refractivity contribution in [2.45, 2.75) is 6.92 Å². The molecule has 0 aliphatic carbocycles. The van der Waals surface area contributed by atoms with E-state index in [0.29, 0.717) is 39.2 Å². The van der Waals surface area contributed by atoms with Crippen LogP contribution >= 0.6 is 23.6 Å². The summed E-state index contributed by atoms with van der Waals surface area (Å²) >= 11 is 6.69. The quantitative estimate of drug-likeness (QED) is 0.576. The van der Waals surface area contributed by atoms with Crippen LogP contribution in [0.15, 0.2) is 24.4 Å². The highest BCUT2D eigenvalue weighted by molar-refractivity contribution is 7.80. The maximum absolute atomic E-state index is 12.3. The lowest BCUT2D eigenvalue weighted by atomic mass is 10.1. The third-order valence-corrected chi connectivity index (χ3v) is 6.22. The Hall–Kier alpha value is -2.72. The lowest BCUT2D eigenvalue weighted by Gasteiger charge is -2.36. The highest BCUT2D eigenvalue weighted by atomic mass is 32.1. The lowest BCUT2D eigenvalue weighted by molar-refractivity contribution is 0.0601. The van der Waals surface area contributed by atoms with Gasteiger partial charge in [0.15, 0.2) is 5.11 Å². The number of hydrogen-bond donors (Lipinski definition) is 1. The maximum Gasteiger partial charge on any atom is 0.348 e. The number of thiocarbonyl (C=S) groups is 1. The molecule has 0 bridgehead atoms. The number of methoxy groups -OCH3 is 2. The Morgan fingerprint density at radius 1 is 1.14 bits per heavy atom. The minimum Gasteiger partial charge on any atom is -0.465 e. The summed E-state index contributed by atoms with van der Waals surface area (Å²) < 4.78 is 9.69. The Morgan fingerprint density at radius 3 is 2.41 bits per heavy atom. The first kappa shape index (κ1) is 21.0. The van der Waals surface area contributed by atoms with E-state index in [-0.39, 0.29) is 0 Å². The number of nitrogens with zero attached hydrogens (tertiary/aromatic N) is 3. The summed E-state index contributed by atoms with van der Waals surface area (Å²) in [5.74, 6) is -0.0876. The Labute approximate surface area is 178 Å². The lowest BCUT2D eigenvalue weighted by Crippen LogP contribution is -2.50. The smallest absolute Gasteiger partial charge is 0.348 e. The molecule has 154 valence electrons. The van der Waals surface area contributed by atoms with Gasteiger partial charge < -0.3 is 24.6 Å². The standard InChI is InChI=1S/C19H22N4O4S2/c1-12-14(17(24)26-2)16(29-15(12)18(25)27-3)21-19(28)23-10-8-22(9-11-23)13-6-4-5-7-20-13/h4-7H,8-11H2,1-3H3,(H,21,28). The number of ether oxygens (including phenoxy) is 2. The molecular weight excluding hydrogens is 412 g/mol. The van der Waals surface area contributed by atoms with E-state index >= 15 is 0 Å². The largest absolute Gasteiger partial charge is 0.465 e. The Balaban J connectivity index is 1.72. The second kappa shape index (κ2) is 9.19. The zero-order valence-corrected chi connectivity index (χ0v) is 18.1. The van der Waals surface area contributed by atoms with Gasteiger partial charge in [-0.3, -0.25) is 0 Å². The normalized spacial score (nSPS) is 13.8. The Morgan fingerprint density at radius 2 is 1.83 bits per heavy atom. The molecule has 0 unspecified atom stereocenters. The number of carbonyl (C=O) groups excluding carboxylic acids is 2. The summed E-state index contributed by atoms with van der Waals surface area (Å²) in [5, 5.41) is 4.10. The van der Waals surface area contributed by atoms with Crippen molar-refractivity contribution in [1.82, 2.24) is 9.88 Å². The molecule has 1 aliphatic rings. The molecule has 29 heavy (non-hydrogen) atoms. The fourth-order valence-electron chi connectivity index (χ4n) is 3.09. The summed E-state index contributed by atoms with van der Waals surface area (Å²) in [6.45, 7) is 4.67. The van der Waals surface area contributed by atoms with Crippen LogP contribution in [0.2, 0.25) is 0 Å². The molecule has 0 spiro atoms. The van der Waals surface area contributed by atoms with E-state index in [1.807, 2.05) is 23.1 Å². The van der Waals surface area contributed by atoms with E-state index in [9.17, 15) is 9.59 Å². The zero-order valence-electron chi connectivity index (χ0n) is 16.4. The summed E-state index contributed by atoms with van der Waals surface area (Å²) in [7, 11) is 2.61. The molecule has 1 saturated heterocycles. The van der Waals surface area contributed by atoms with Gasteiger partial charge in [0.2, 0.25) is 0 Å². The van der Waals surface area contributed by atoms with E-state index in [4.69, 9.17) is 21.7 Å². The number of rotatable bonds is 4. The van der Waals surface area contributed by atoms with Gasteiger partial charge in [-0.25, -0.2) is 14.6 Å². The van der Waals surface area contributed by atoms with Crippen LogP contribution in [-0.2, 0) is 9.47 Å². The molecule has 0 aromatic carbocycles. The van der Waals surface area contributed by atoms with Crippen LogP contribution in [0.25, 0.3) is 0 Å². The topological polar surface area (TPSA) is 84.0 Å². The van der Waals surface area contributed by atoms with Gasteiger partial charge in [0.1, 0.15) is 15.7 Å². The molecule has 0 radical (unpaired) electrons. The molecular formula is C19H22N4O4S2. The fourth-order valence-corrected chi connectivity index (χ4v) is 4.55. The van der Waals surface area contributed by atoms with E-state index in [1.54, 1.807) is 13.1 Å². The second-order valence-electron chi connectivity index (χ2n) is 6.34. The Bertz CT molecular complexity index is 908. The number of carbonyl (C=O) groups is 2. The summed E-state index contributed by atoms with van der Waals surface area (Å²) in [6, 6.07) is 5.84. The van der Waals surface area contributed by atoms with Crippen LogP contribution < -0.4 is 10.2 Å². The molecule has 2 aromatic heterocycles. The van der Waals surface area contributed by atoms with Crippen molar-refractivity contribution in [3.63, 3.8) is 0 Å². The first-order chi connectivity index (χ1) is 14.0. The molecule has 10 heteroatoms. The number of aromatic nitrogens is 1. The van der Waals surface area contributed by atoms with Crippen molar-refractivity contribution in [2.24, 2.45) is 0 Å². The number of hydrogen-bond acceptors (Lipinski definition) is 8. The number of pyridine rings is 1. The van der Waals surface area contributed by atoms with E-state index in [0.717, 1.165) is 30.2 Å². The van der Waals surface area contributed by atoms with Gasteiger partial charge in [0.25, 0.3) is 0 Å². The molecule has 1 N–H and O–H groups in total. The highest BCUT2D eigenvalue weighted by Gasteiger charge is 2.27. The van der Waals surface area contributed by atoms with Crippen LogP contribution in [0.4, 0.5) is 10.8 Å². The highest BCUT2D eigenvalue weighted by Crippen LogP contribution is 2.34. The van der Waals surface area contributed by atoms with E-state index < -0.39 is 11.9 Å². The molecule has 3 heterocycles. The SMILES string of the molecule is COC(=O)c1sc(NC(=S)N2CCN(c3ccccn3)CC2)c(C(=O)OC)c1C. The summed E-state index contributed by atoms with van der Waals surface area (Å²) in [5.41, 5.74) is 0.811. The predicted molar refractivity (Wildman–Crippen MR) is 116 cm³/mol. The van der Waals surface area contributed by atoms with Crippen LogP contribution in [0.3, 0.4) is 0 Å². The van der Waals surface area contributed by atoms with Gasteiger partial charge in [-0.05, 0) is 36.8 Å². The van der Waals surface area contributed by atoms with Crippen molar-refractivity contribution in [3.8, 4) is 0 Å². The van der Waals surface area contributed by atoms with Crippen LogP contribution in [-0.4, -0.2) is 67.3 Å². The minimum absolute atomic E-state index is 0.298. The fraction of sp³-hybridized carbons (Fsp3) is 0.368. The number of anilines is 2. The van der Waals surface area contributed by atoms with Gasteiger partial charge >= 0.3 is 11.9 Å². The first-order valence-corrected chi connectivity index (χ1v) is 10.2. The molecule has 3 rings (SSSR count). The van der Waals surface area contributed by atoms with Gasteiger partial charge in [0, 0.05) is 32.4 Å². The van der Waals surface area contributed by atoms with E-state index in [1.165, 1.54) is 14.2 Å². The number of thiophene rings is 1. The van der Waals surface area contributed by atoms with Crippen LogP contribution in [0.1, 0.15) is 25.6 Å². The van der Waals surface area contributed by atoms with Gasteiger partial charge in [-0.1, -0.05) is 6.07 Å². The van der Waals surface area contributed by atoms with Crippen molar-refractivity contribution in [3.05, 3.63) is 40.4 Å². The van der Waals surface area contributed by atoms with Gasteiger partial charge in [-0.15, -0.1) is 11.3 Å². The number of nitrogens with one attached hydrogen (secondary N) is 1. The average Bonchev–Trinajstić information content (AvgIpc) is 3.09. The van der Waals surface area contributed by atoms with Crippen molar-refractivity contribution in [1.29, 1.82) is 0 Å². The van der Waals surface area contributed by atoms with E-state index in [2.05, 4.69) is 15.2 Å². The zero-order chi connectivity index (χ0) is 21.0. The maximum atomic E-state index is 12.3. The Kier molecular flexibility index (Phi) is 6.65. The number of esters is 2. The third-order valence-electron chi connectivity index (χ3n) is 4.67. The molecule has 1 fully saturated rings. The monoisotopic (exact) mass is 434 g/mol. The summed E-state index contributed by atoms with van der Waals surface area (Å²) in [4.78, 5) is 33.2. The summed E-state index contributed by atoms with van der Waals surface area (Å²) in [6.07, 6.45) is 1.78. The van der Waals surface area contributed by atoms with Crippen molar-refractivity contribution in [2.75, 3.05) is 50.6 Å². The third kappa shape index (κ3) is 4.48. The molecule has 2 aromatic rings. The predicted octanol–water partition coefficient (Wildman–Crippen LogP) is 2.54. The van der Waals surface area contributed by atoms with Crippen molar-refractivity contribution >= 4 is 51.4 Å². The molecule has 1 aliphatic heterocycles. The second-order valence-corrected chi connectivity index (χ2v) is 7.74. The molecule has 0 saturated carbocycles. The number of piperazine rings is 1.